The first-order chi connectivity index (χ1) is 7.65. The summed E-state index contributed by atoms with van der Waals surface area (Å²) in [5.41, 5.74) is 6.33. The third-order valence-corrected chi connectivity index (χ3v) is 2.60. The predicted octanol–water partition coefficient (Wildman–Crippen LogP) is 2.75. The second-order valence-electron chi connectivity index (χ2n) is 4.16. The van der Waals surface area contributed by atoms with E-state index in [0.717, 1.165) is 12.0 Å². The van der Waals surface area contributed by atoms with Gasteiger partial charge in [-0.25, -0.2) is 4.39 Å². The fourth-order valence-electron chi connectivity index (χ4n) is 1.37. The fraction of sp³-hybridized carbons (Fsp3) is 0.538. The van der Waals surface area contributed by atoms with Gasteiger partial charge in [0, 0.05) is 6.07 Å². The lowest BCUT2D eigenvalue weighted by molar-refractivity contribution is 0.255. The van der Waals surface area contributed by atoms with Gasteiger partial charge in [-0.05, 0) is 36.6 Å². The van der Waals surface area contributed by atoms with Gasteiger partial charge in [0.1, 0.15) is 11.6 Å². The lowest BCUT2D eigenvalue weighted by Gasteiger charge is -2.12. The van der Waals surface area contributed by atoms with Crippen molar-refractivity contribution in [3.8, 4) is 5.75 Å². The maximum Gasteiger partial charge on any atom is 0.127 e. The van der Waals surface area contributed by atoms with Crippen LogP contribution in [0.5, 0.6) is 5.75 Å². The quantitative estimate of drug-likeness (QED) is 0.808. The van der Waals surface area contributed by atoms with Crippen molar-refractivity contribution in [3.05, 3.63) is 29.6 Å². The summed E-state index contributed by atoms with van der Waals surface area (Å²) >= 11 is 0. The molecule has 2 nitrogen and oxygen atoms in total. The van der Waals surface area contributed by atoms with Crippen LogP contribution in [0.2, 0.25) is 0 Å². The molecule has 90 valence electrons. The molecule has 1 unspecified atom stereocenters. The van der Waals surface area contributed by atoms with E-state index in [1.54, 1.807) is 0 Å². The molecule has 1 aromatic carbocycles. The maximum atomic E-state index is 13.2. The largest absolute Gasteiger partial charge is 0.493 e. The Labute approximate surface area is 96.6 Å². The predicted molar refractivity (Wildman–Crippen MR) is 64.1 cm³/mol. The van der Waals surface area contributed by atoms with Crippen molar-refractivity contribution >= 4 is 0 Å². The Bertz CT molecular complexity index is 328. The van der Waals surface area contributed by atoms with Crippen LogP contribution in [0.1, 0.15) is 25.8 Å². The van der Waals surface area contributed by atoms with Crippen molar-refractivity contribution in [2.45, 2.75) is 26.7 Å². The van der Waals surface area contributed by atoms with E-state index in [-0.39, 0.29) is 5.82 Å². The van der Waals surface area contributed by atoms with Crippen LogP contribution in [-0.2, 0) is 6.42 Å². The highest BCUT2D eigenvalue weighted by molar-refractivity contribution is 5.29. The Hall–Kier alpha value is -1.09. The number of nitrogens with two attached hydrogens (primary N) is 1. The average Bonchev–Trinajstić information content (AvgIpc) is 2.25. The van der Waals surface area contributed by atoms with Crippen molar-refractivity contribution in [2.24, 2.45) is 11.7 Å². The SMILES string of the molecule is CCC(C)COc1cc(F)cc(CCN)c1. The molecule has 3 heteroatoms. The van der Waals surface area contributed by atoms with Crippen LogP contribution in [0.4, 0.5) is 4.39 Å². The van der Waals surface area contributed by atoms with E-state index in [0.29, 0.717) is 31.2 Å². The number of ether oxygens (including phenoxy) is 1. The van der Waals surface area contributed by atoms with Gasteiger partial charge in [-0.1, -0.05) is 20.3 Å². The summed E-state index contributed by atoms with van der Waals surface area (Å²) in [7, 11) is 0. The summed E-state index contributed by atoms with van der Waals surface area (Å²) in [4.78, 5) is 0. The average molecular weight is 225 g/mol. The lowest BCUT2D eigenvalue weighted by atomic mass is 10.1. The van der Waals surface area contributed by atoms with Crippen molar-refractivity contribution in [1.29, 1.82) is 0 Å². The van der Waals surface area contributed by atoms with Crippen LogP contribution >= 0.6 is 0 Å². The molecule has 2 N–H and O–H groups in total. The molecular weight excluding hydrogens is 205 g/mol. The van der Waals surface area contributed by atoms with E-state index in [9.17, 15) is 4.39 Å². The topological polar surface area (TPSA) is 35.2 Å². The molecule has 0 bridgehead atoms. The van der Waals surface area contributed by atoms with Crippen molar-refractivity contribution in [1.82, 2.24) is 0 Å². The van der Waals surface area contributed by atoms with Crippen molar-refractivity contribution in [2.75, 3.05) is 13.2 Å². The first-order valence-corrected chi connectivity index (χ1v) is 5.78. The molecule has 0 spiro atoms. The van der Waals surface area contributed by atoms with Crippen LogP contribution in [0, 0.1) is 11.7 Å². The van der Waals surface area contributed by atoms with Crippen LogP contribution in [-0.4, -0.2) is 13.2 Å². The molecule has 16 heavy (non-hydrogen) atoms. The van der Waals surface area contributed by atoms with Gasteiger partial charge >= 0.3 is 0 Å². The standard InChI is InChI=1S/C13H20FNO/c1-3-10(2)9-16-13-7-11(4-5-15)6-12(14)8-13/h6-8,10H,3-5,9,15H2,1-2H3. The van der Waals surface area contributed by atoms with Gasteiger partial charge in [0.05, 0.1) is 6.61 Å². The Morgan fingerprint density at radius 1 is 1.38 bits per heavy atom. The summed E-state index contributed by atoms with van der Waals surface area (Å²) in [5.74, 6) is 0.829. The van der Waals surface area contributed by atoms with Crippen LogP contribution in [0.3, 0.4) is 0 Å². The number of hydrogen-bond acceptors (Lipinski definition) is 2. The van der Waals surface area contributed by atoms with Gasteiger partial charge in [-0.15, -0.1) is 0 Å². The molecular formula is C13H20FNO. The van der Waals surface area contributed by atoms with E-state index in [1.165, 1.54) is 12.1 Å². The zero-order valence-corrected chi connectivity index (χ0v) is 10.0. The van der Waals surface area contributed by atoms with E-state index in [2.05, 4.69) is 13.8 Å². The fourth-order valence-corrected chi connectivity index (χ4v) is 1.37. The number of rotatable bonds is 6. The molecule has 0 aromatic heterocycles. The van der Waals surface area contributed by atoms with Gasteiger partial charge in [-0.3, -0.25) is 0 Å². The molecule has 0 radical (unpaired) electrons. The number of hydrogen-bond donors (Lipinski definition) is 1. The second kappa shape index (κ2) is 6.48. The molecule has 1 rings (SSSR count). The van der Waals surface area contributed by atoms with Gasteiger partial charge in [0.25, 0.3) is 0 Å². The molecule has 1 atom stereocenters. The van der Waals surface area contributed by atoms with E-state index in [4.69, 9.17) is 10.5 Å². The van der Waals surface area contributed by atoms with E-state index in [1.807, 2.05) is 6.07 Å². The van der Waals surface area contributed by atoms with Gasteiger partial charge < -0.3 is 10.5 Å². The summed E-state index contributed by atoms with van der Waals surface area (Å²) in [6.45, 7) is 5.37. The smallest absolute Gasteiger partial charge is 0.127 e. The summed E-state index contributed by atoms with van der Waals surface area (Å²) < 4.78 is 18.8. The highest BCUT2D eigenvalue weighted by atomic mass is 19.1. The Morgan fingerprint density at radius 2 is 2.12 bits per heavy atom. The minimum Gasteiger partial charge on any atom is -0.493 e. The molecule has 0 heterocycles. The van der Waals surface area contributed by atoms with Crippen molar-refractivity contribution < 1.29 is 9.13 Å². The Morgan fingerprint density at radius 3 is 2.75 bits per heavy atom. The first kappa shape index (κ1) is 13.0. The normalized spacial score (nSPS) is 12.5. The zero-order valence-electron chi connectivity index (χ0n) is 10.0. The third-order valence-electron chi connectivity index (χ3n) is 2.60. The second-order valence-corrected chi connectivity index (χ2v) is 4.16. The van der Waals surface area contributed by atoms with E-state index >= 15 is 0 Å². The molecule has 0 saturated carbocycles. The minimum absolute atomic E-state index is 0.259. The molecule has 0 fully saturated rings. The molecule has 0 saturated heterocycles. The zero-order chi connectivity index (χ0) is 12.0. The maximum absolute atomic E-state index is 13.2. The molecule has 0 aliphatic rings. The van der Waals surface area contributed by atoms with Crippen LogP contribution in [0.15, 0.2) is 18.2 Å². The summed E-state index contributed by atoms with van der Waals surface area (Å²) in [5, 5.41) is 0. The van der Waals surface area contributed by atoms with Crippen molar-refractivity contribution in [3.63, 3.8) is 0 Å². The molecule has 0 aliphatic carbocycles. The van der Waals surface area contributed by atoms with Gasteiger partial charge in [0.2, 0.25) is 0 Å². The van der Waals surface area contributed by atoms with Crippen LogP contribution in [0.25, 0.3) is 0 Å². The molecule has 0 aliphatic heterocycles. The summed E-state index contributed by atoms with van der Waals surface area (Å²) in [6.07, 6.45) is 1.74. The third kappa shape index (κ3) is 4.19. The van der Waals surface area contributed by atoms with Gasteiger partial charge in [-0.2, -0.15) is 0 Å². The summed E-state index contributed by atoms with van der Waals surface area (Å²) in [6, 6.07) is 4.78. The highest BCUT2D eigenvalue weighted by Gasteiger charge is 2.04. The molecule has 1 aromatic rings. The Balaban J connectivity index is 2.64. The van der Waals surface area contributed by atoms with E-state index < -0.39 is 0 Å². The lowest BCUT2D eigenvalue weighted by Crippen LogP contribution is -2.08. The monoisotopic (exact) mass is 225 g/mol. The minimum atomic E-state index is -0.259. The number of benzene rings is 1. The first-order valence-electron chi connectivity index (χ1n) is 5.78. The van der Waals surface area contributed by atoms with Crippen LogP contribution < -0.4 is 10.5 Å². The molecule has 0 amide bonds. The van der Waals surface area contributed by atoms with Gasteiger partial charge in [0.15, 0.2) is 0 Å². The number of halogens is 1. The highest BCUT2D eigenvalue weighted by Crippen LogP contribution is 2.18. The Kier molecular flexibility index (Phi) is 5.26.